The molecule has 0 spiro atoms. The summed E-state index contributed by atoms with van der Waals surface area (Å²) in [6.45, 7) is 1.96. The summed E-state index contributed by atoms with van der Waals surface area (Å²) < 4.78 is 0. The van der Waals surface area contributed by atoms with Crippen molar-refractivity contribution in [1.29, 1.82) is 0 Å². The minimum Gasteiger partial charge on any atom is -0.390 e. The van der Waals surface area contributed by atoms with Crippen LogP contribution in [0.4, 0.5) is 0 Å². The molecule has 0 saturated heterocycles. The average molecular weight is 224 g/mol. The molecule has 1 aliphatic rings. The monoisotopic (exact) mass is 224 g/mol. The van der Waals surface area contributed by atoms with E-state index < -0.39 is 12.2 Å². The summed E-state index contributed by atoms with van der Waals surface area (Å²) in [4.78, 5) is 1.23. The van der Waals surface area contributed by atoms with Crippen molar-refractivity contribution in [2.45, 2.75) is 42.1 Å². The Labute approximate surface area is 94.3 Å². The number of benzene rings is 1. The van der Waals surface area contributed by atoms with Crippen LogP contribution in [-0.4, -0.2) is 27.7 Å². The van der Waals surface area contributed by atoms with Crippen LogP contribution < -0.4 is 0 Å². The quantitative estimate of drug-likeness (QED) is 0.706. The maximum atomic E-state index is 9.81. The standard InChI is InChI=1S/C12H16O2S/c1-8-12(14)10(13)7-6-9-4-2-3-5-11(9)15-8/h2-5,8,10,12-14H,6-7H2,1H3/t8-,10?,12+/m0/s1. The summed E-state index contributed by atoms with van der Waals surface area (Å²) >= 11 is 1.65. The molecule has 1 aromatic rings. The topological polar surface area (TPSA) is 40.5 Å². The molecule has 2 rings (SSSR count). The summed E-state index contributed by atoms with van der Waals surface area (Å²) in [5, 5.41) is 19.6. The minimum atomic E-state index is -0.622. The van der Waals surface area contributed by atoms with Crippen LogP contribution >= 0.6 is 11.8 Å². The van der Waals surface area contributed by atoms with Gasteiger partial charge in [-0.25, -0.2) is 0 Å². The fraction of sp³-hybridized carbons (Fsp3) is 0.500. The van der Waals surface area contributed by atoms with Crippen molar-refractivity contribution in [3.05, 3.63) is 29.8 Å². The molecule has 82 valence electrons. The second-order valence-electron chi connectivity index (χ2n) is 4.03. The Balaban J connectivity index is 2.27. The van der Waals surface area contributed by atoms with Gasteiger partial charge in [0.1, 0.15) is 0 Å². The molecule has 2 nitrogen and oxygen atoms in total. The van der Waals surface area contributed by atoms with E-state index in [0.717, 1.165) is 6.42 Å². The van der Waals surface area contributed by atoms with Crippen LogP contribution in [0, 0.1) is 0 Å². The molecule has 1 aromatic carbocycles. The fourth-order valence-electron chi connectivity index (χ4n) is 1.88. The molecule has 1 heterocycles. The molecule has 1 aliphatic heterocycles. The molecule has 0 radical (unpaired) electrons. The van der Waals surface area contributed by atoms with Gasteiger partial charge in [0.15, 0.2) is 0 Å². The summed E-state index contributed by atoms with van der Waals surface area (Å²) in [5.74, 6) is 0. The minimum absolute atomic E-state index is 0.0430. The summed E-state index contributed by atoms with van der Waals surface area (Å²) in [5.41, 5.74) is 1.28. The van der Waals surface area contributed by atoms with Crippen LogP contribution in [0.2, 0.25) is 0 Å². The molecule has 0 aliphatic carbocycles. The lowest BCUT2D eigenvalue weighted by molar-refractivity contribution is 0.0158. The van der Waals surface area contributed by atoms with E-state index in [4.69, 9.17) is 0 Å². The van der Waals surface area contributed by atoms with Crippen LogP contribution in [0.15, 0.2) is 29.2 Å². The average Bonchev–Trinajstić information content (AvgIpc) is 2.25. The first-order valence-electron chi connectivity index (χ1n) is 5.29. The van der Waals surface area contributed by atoms with Crippen molar-refractivity contribution in [1.82, 2.24) is 0 Å². The Morgan fingerprint density at radius 2 is 2.00 bits per heavy atom. The number of rotatable bonds is 0. The van der Waals surface area contributed by atoms with Crippen LogP contribution in [0.3, 0.4) is 0 Å². The van der Waals surface area contributed by atoms with E-state index >= 15 is 0 Å². The molecule has 3 heteroatoms. The number of hydrogen-bond acceptors (Lipinski definition) is 3. The lowest BCUT2D eigenvalue weighted by Gasteiger charge is -2.27. The van der Waals surface area contributed by atoms with Crippen molar-refractivity contribution >= 4 is 11.8 Å². The maximum absolute atomic E-state index is 9.81. The van der Waals surface area contributed by atoms with E-state index in [2.05, 4.69) is 12.1 Å². The van der Waals surface area contributed by atoms with E-state index in [-0.39, 0.29) is 5.25 Å². The normalized spacial score (nSPS) is 31.5. The molecule has 1 unspecified atom stereocenters. The Hall–Kier alpha value is -0.510. The SMILES string of the molecule is C[C@@H]1Sc2ccccc2CCC(O)[C@@H]1O. The number of aliphatic hydroxyl groups excluding tert-OH is 2. The first kappa shape index (κ1) is 11.0. The van der Waals surface area contributed by atoms with E-state index in [9.17, 15) is 10.2 Å². The molecular formula is C12H16O2S. The van der Waals surface area contributed by atoms with Crippen LogP contribution in [0.25, 0.3) is 0 Å². The molecule has 2 N–H and O–H groups in total. The van der Waals surface area contributed by atoms with Gasteiger partial charge in [-0.1, -0.05) is 25.1 Å². The van der Waals surface area contributed by atoms with E-state index in [1.54, 1.807) is 11.8 Å². The van der Waals surface area contributed by atoms with Gasteiger partial charge in [-0.15, -0.1) is 11.8 Å². The highest BCUT2D eigenvalue weighted by molar-refractivity contribution is 8.00. The summed E-state index contributed by atoms with van der Waals surface area (Å²) in [6, 6.07) is 8.22. The first-order chi connectivity index (χ1) is 7.18. The molecule has 0 bridgehead atoms. The third-order valence-corrected chi connectivity index (χ3v) is 4.17. The molecule has 0 saturated carbocycles. The van der Waals surface area contributed by atoms with E-state index in [1.165, 1.54) is 10.5 Å². The number of hydrogen-bond donors (Lipinski definition) is 2. The Kier molecular flexibility index (Phi) is 3.34. The zero-order valence-corrected chi connectivity index (χ0v) is 9.57. The van der Waals surface area contributed by atoms with Crippen molar-refractivity contribution in [3.8, 4) is 0 Å². The highest BCUT2D eigenvalue weighted by Crippen LogP contribution is 2.32. The van der Waals surface area contributed by atoms with Crippen LogP contribution in [-0.2, 0) is 6.42 Å². The van der Waals surface area contributed by atoms with Gasteiger partial charge in [0.05, 0.1) is 12.2 Å². The molecule has 0 aromatic heterocycles. The largest absolute Gasteiger partial charge is 0.390 e. The predicted molar refractivity (Wildman–Crippen MR) is 62.1 cm³/mol. The predicted octanol–water partition coefficient (Wildman–Crippen LogP) is 1.84. The van der Waals surface area contributed by atoms with Gasteiger partial charge < -0.3 is 10.2 Å². The van der Waals surface area contributed by atoms with Gasteiger partial charge in [-0.05, 0) is 24.5 Å². The molecule has 0 amide bonds. The third kappa shape index (κ3) is 2.36. The van der Waals surface area contributed by atoms with Crippen LogP contribution in [0.5, 0.6) is 0 Å². The van der Waals surface area contributed by atoms with Gasteiger partial charge >= 0.3 is 0 Å². The zero-order valence-electron chi connectivity index (χ0n) is 8.76. The van der Waals surface area contributed by atoms with Gasteiger partial charge in [0, 0.05) is 10.1 Å². The smallest absolute Gasteiger partial charge is 0.0918 e. The molecule has 3 atom stereocenters. The highest BCUT2D eigenvalue weighted by Gasteiger charge is 2.26. The van der Waals surface area contributed by atoms with Crippen molar-refractivity contribution in [2.75, 3.05) is 0 Å². The van der Waals surface area contributed by atoms with E-state index in [1.807, 2.05) is 19.1 Å². The second-order valence-corrected chi connectivity index (χ2v) is 5.45. The molecule has 15 heavy (non-hydrogen) atoms. The fourth-order valence-corrected chi connectivity index (χ4v) is 3.08. The summed E-state index contributed by atoms with van der Waals surface area (Å²) in [7, 11) is 0. The number of aryl methyl sites for hydroxylation is 1. The first-order valence-corrected chi connectivity index (χ1v) is 6.17. The lowest BCUT2D eigenvalue weighted by atomic mass is 10.0. The van der Waals surface area contributed by atoms with Gasteiger partial charge in [0.25, 0.3) is 0 Å². The molecular weight excluding hydrogens is 208 g/mol. The van der Waals surface area contributed by atoms with Gasteiger partial charge in [-0.3, -0.25) is 0 Å². The van der Waals surface area contributed by atoms with Crippen molar-refractivity contribution in [3.63, 3.8) is 0 Å². The summed E-state index contributed by atoms with van der Waals surface area (Å²) in [6.07, 6.45) is 0.265. The number of aliphatic hydroxyl groups is 2. The Morgan fingerprint density at radius 3 is 2.80 bits per heavy atom. The van der Waals surface area contributed by atoms with Gasteiger partial charge in [0.2, 0.25) is 0 Å². The number of thioether (sulfide) groups is 1. The van der Waals surface area contributed by atoms with Crippen molar-refractivity contribution in [2.24, 2.45) is 0 Å². The molecule has 0 fully saturated rings. The Morgan fingerprint density at radius 1 is 1.27 bits per heavy atom. The van der Waals surface area contributed by atoms with Crippen molar-refractivity contribution < 1.29 is 10.2 Å². The second kappa shape index (κ2) is 4.56. The Bertz CT molecular complexity index is 340. The lowest BCUT2D eigenvalue weighted by Crippen LogP contribution is -2.35. The van der Waals surface area contributed by atoms with Gasteiger partial charge in [-0.2, -0.15) is 0 Å². The number of fused-ring (bicyclic) bond motifs is 1. The highest BCUT2D eigenvalue weighted by atomic mass is 32.2. The van der Waals surface area contributed by atoms with Crippen LogP contribution in [0.1, 0.15) is 18.9 Å². The third-order valence-electron chi connectivity index (χ3n) is 2.87. The zero-order chi connectivity index (χ0) is 10.8. The maximum Gasteiger partial charge on any atom is 0.0918 e. The van der Waals surface area contributed by atoms with E-state index in [0.29, 0.717) is 6.42 Å².